The van der Waals surface area contributed by atoms with E-state index in [0.29, 0.717) is 18.5 Å². The molecule has 24 heavy (non-hydrogen) atoms. The number of amides is 1. The number of benzene rings is 3. The maximum atomic E-state index is 12.4. The van der Waals surface area contributed by atoms with Gasteiger partial charge in [0.1, 0.15) is 0 Å². The number of hydrogen-bond acceptors (Lipinski definition) is 2. The Bertz CT molecular complexity index is 907. The maximum Gasteiger partial charge on any atom is 0.227 e. The van der Waals surface area contributed by atoms with Crippen LogP contribution in [-0.4, -0.2) is 17.9 Å². The molecule has 0 N–H and O–H groups in total. The average molecular weight is 314 g/mol. The van der Waals surface area contributed by atoms with Crippen LogP contribution in [0.1, 0.15) is 16.7 Å². The number of nitrogens with zero attached hydrogens (tertiary/aromatic N) is 2. The van der Waals surface area contributed by atoms with Gasteiger partial charge in [0.2, 0.25) is 5.91 Å². The summed E-state index contributed by atoms with van der Waals surface area (Å²) in [5.74, 6) is 0.0784. The molecule has 0 unspecified atom stereocenters. The van der Waals surface area contributed by atoms with Crippen molar-refractivity contribution in [1.82, 2.24) is 4.90 Å². The Labute approximate surface area is 141 Å². The molecule has 0 aliphatic rings. The Hall–Kier alpha value is -3.12. The molecule has 3 heteroatoms. The largest absolute Gasteiger partial charge is 0.341 e. The van der Waals surface area contributed by atoms with E-state index in [1.807, 2.05) is 37.4 Å². The highest BCUT2D eigenvalue weighted by Gasteiger charge is 2.10. The van der Waals surface area contributed by atoms with Gasteiger partial charge in [0.25, 0.3) is 0 Å². The molecule has 3 nitrogen and oxygen atoms in total. The lowest BCUT2D eigenvalue weighted by molar-refractivity contribution is -0.129. The van der Waals surface area contributed by atoms with E-state index in [0.717, 1.165) is 16.5 Å². The molecule has 0 bridgehead atoms. The minimum Gasteiger partial charge on any atom is -0.341 e. The Kier molecular flexibility index (Phi) is 4.58. The Morgan fingerprint density at radius 1 is 0.958 bits per heavy atom. The molecule has 0 saturated carbocycles. The third kappa shape index (κ3) is 3.61. The second-order valence-corrected chi connectivity index (χ2v) is 5.92. The van der Waals surface area contributed by atoms with E-state index in [4.69, 9.17) is 5.26 Å². The van der Waals surface area contributed by atoms with Crippen molar-refractivity contribution in [3.05, 3.63) is 83.4 Å². The van der Waals surface area contributed by atoms with Crippen molar-refractivity contribution >= 4 is 16.7 Å². The lowest BCUT2D eigenvalue weighted by Gasteiger charge is -2.17. The molecule has 0 spiro atoms. The van der Waals surface area contributed by atoms with Gasteiger partial charge in [0.15, 0.2) is 0 Å². The van der Waals surface area contributed by atoms with Gasteiger partial charge < -0.3 is 4.90 Å². The van der Waals surface area contributed by atoms with Crippen LogP contribution < -0.4 is 0 Å². The number of carbonyl (C=O) groups excluding carboxylic acids is 1. The van der Waals surface area contributed by atoms with Crippen molar-refractivity contribution in [2.75, 3.05) is 7.05 Å². The standard InChI is InChI=1S/C21H18N2O/c1-23(15-17-8-6-16(14-22)7-9-17)21(24)13-18-10-11-19-4-2-3-5-20(19)12-18/h2-12H,13,15H2,1H3. The summed E-state index contributed by atoms with van der Waals surface area (Å²) in [7, 11) is 1.81. The maximum absolute atomic E-state index is 12.4. The summed E-state index contributed by atoms with van der Waals surface area (Å²) in [6.45, 7) is 0.540. The summed E-state index contributed by atoms with van der Waals surface area (Å²) in [5.41, 5.74) is 2.66. The van der Waals surface area contributed by atoms with Crippen LogP contribution >= 0.6 is 0 Å². The highest BCUT2D eigenvalue weighted by Crippen LogP contribution is 2.16. The third-order valence-electron chi connectivity index (χ3n) is 4.10. The number of nitriles is 1. The van der Waals surface area contributed by atoms with E-state index >= 15 is 0 Å². The number of rotatable bonds is 4. The zero-order valence-electron chi connectivity index (χ0n) is 13.6. The van der Waals surface area contributed by atoms with E-state index in [1.165, 1.54) is 5.39 Å². The zero-order chi connectivity index (χ0) is 16.9. The van der Waals surface area contributed by atoms with E-state index in [1.54, 1.807) is 17.0 Å². The molecular weight excluding hydrogens is 296 g/mol. The van der Waals surface area contributed by atoms with Gasteiger partial charge in [-0.3, -0.25) is 4.79 Å². The van der Waals surface area contributed by atoms with Gasteiger partial charge in [-0.2, -0.15) is 5.26 Å². The predicted octanol–water partition coefficient (Wildman–Crippen LogP) is 3.91. The topological polar surface area (TPSA) is 44.1 Å². The summed E-state index contributed by atoms with van der Waals surface area (Å²) < 4.78 is 0. The molecule has 0 heterocycles. The van der Waals surface area contributed by atoms with E-state index in [-0.39, 0.29) is 5.91 Å². The van der Waals surface area contributed by atoms with Crippen LogP contribution in [0.5, 0.6) is 0 Å². The van der Waals surface area contributed by atoms with Crippen LogP contribution in [-0.2, 0) is 17.8 Å². The van der Waals surface area contributed by atoms with Gasteiger partial charge in [-0.05, 0) is 34.0 Å². The molecule has 0 aliphatic carbocycles. The highest BCUT2D eigenvalue weighted by atomic mass is 16.2. The SMILES string of the molecule is CN(Cc1ccc(C#N)cc1)C(=O)Cc1ccc2ccccc2c1. The normalized spacial score (nSPS) is 10.3. The van der Waals surface area contributed by atoms with Gasteiger partial charge in [-0.1, -0.05) is 54.6 Å². The lowest BCUT2D eigenvalue weighted by atomic mass is 10.0. The fourth-order valence-corrected chi connectivity index (χ4v) is 2.71. The molecule has 0 aromatic heterocycles. The lowest BCUT2D eigenvalue weighted by Crippen LogP contribution is -2.27. The summed E-state index contributed by atoms with van der Waals surface area (Å²) in [6.07, 6.45) is 0.387. The van der Waals surface area contributed by atoms with Crippen molar-refractivity contribution in [1.29, 1.82) is 5.26 Å². The van der Waals surface area contributed by atoms with Crippen LogP contribution in [0.3, 0.4) is 0 Å². The van der Waals surface area contributed by atoms with Crippen molar-refractivity contribution in [3.63, 3.8) is 0 Å². The van der Waals surface area contributed by atoms with Crippen molar-refractivity contribution in [2.24, 2.45) is 0 Å². The van der Waals surface area contributed by atoms with Crippen molar-refractivity contribution in [2.45, 2.75) is 13.0 Å². The monoisotopic (exact) mass is 314 g/mol. The molecular formula is C21H18N2O. The van der Waals surface area contributed by atoms with E-state index in [9.17, 15) is 4.79 Å². The first kappa shape index (κ1) is 15.8. The molecule has 3 rings (SSSR count). The van der Waals surface area contributed by atoms with E-state index < -0.39 is 0 Å². The fourth-order valence-electron chi connectivity index (χ4n) is 2.71. The summed E-state index contributed by atoms with van der Waals surface area (Å²) >= 11 is 0. The first-order valence-electron chi connectivity index (χ1n) is 7.86. The van der Waals surface area contributed by atoms with Crippen LogP contribution in [0.4, 0.5) is 0 Å². The first-order chi connectivity index (χ1) is 11.7. The van der Waals surface area contributed by atoms with Crippen molar-refractivity contribution < 1.29 is 4.79 Å². The Balaban J connectivity index is 1.67. The molecule has 0 aliphatic heterocycles. The van der Waals surface area contributed by atoms with Crippen LogP contribution in [0.2, 0.25) is 0 Å². The number of hydrogen-bond donors (Lipinski definition) is 0. The Morgan fingerprint density at radius 3 is 2.33 bits per heavy atom. The molecule has 3 aromatic rings. The molecule has 118 valence electrons. The number of carbonyl (C=O) groups is 1. The van der Waals surface area contributed by atoms with Crippen LogP contribution in [0.15, 0.2) is 66.7 Å². The van der Waals surface area contributed by atoms with Crippen LogP contribution in [0.25, 0.3) is 10.8 Å². The molecule has 0 fully saturated rings. The van der Waals surface area contributed by atoms with Gasteiger partial charge in [0.05, 0.1) is 18.1 Å². The summed E-state index contributed by atoms with van der Waals surface area (Å²) in [4.78, 5) is 14.2. The molecule has 0 atom stereocenters. The predicted molar refractivity (Wildman–Crippen MR) is 95.3 cm³/mol. The molecule has 0 saturated heterocycles. The van der Waals surface area contributed by atoms with Gasteiger partial charge in [0, 0.05) is 13.6 Å². The van der Waals surface area contributed by atoms with Gasteiger partial charge in [-0.15, -0.1) is 0 Å². The Morgan fingerprint density at radius 2 is 1.62 bits per heavy atom. The van der Waals surface area contributed by atoms with Gasteiger partial charge in [-0.25, -0.2) is 0 Å². The highest BCUT2D eigenvalue weighted by molar-refractivity contribution is 5.85. The minimum absolute atomic E-state index is 0.0784. The first-order valence-corrected chi connectivity index (χ1v) is 7.86. The summed E-state index contributed by atoms with van der Waals surface area (Å²) in [6, 6.07) is 23.7. The molecule has 3 aromatic carbocycles. The number of fused-ring (bicyclic) bond motifs is 1. The fraction of sp³-hybridized carbons (Fsp3) is 0.143. The van der Waals surface area contributed by atoms with Gasteiger partial charge >= 0.3 is 0 Å². The zero-order valence-corrected chi connectivity index (χ0v) is 13.6. The minimum atomic E-state index is 0.0784. The molecule has 0 radical (unpaired) electrons. The molecule has 1 amide bonds. The number of likely N-dealkylation sites (N-methyl/N-ethyl adjacent to an activating group) is 1. The quantitative estimate of drug-likeness (QED) is 0.733. The average Bonchev–Trinajstić information content (AvgIpc) is 2.62. The van der Waals surface area contributed by atoms with Crippen LogP contribution in [0, 0.1) is 11.3 Å². The summed E-state index contributed by atoms with van der Waals surface area (Å²) in [5, 5.41) is 11.2. The second-order valence-electron chi connectivity index (χ2n) is 5.92. The van der Waals surface area contributed by atoms with Crippen molar-refractivity contribution in [3.8, 4) is 6.07 Å². The second kappa shape index (κ2) is 6.97. The van der Waals surface area contributed by atoms with E-state index in [2.05, 4.69) is 30.3 Å². The third-order valence-corrected chi connectivity index (χ3v) is 4.10. The smallest absolute Gasteiger partial charge is 0.227 e.